The molecule has 3 fully saturated rings. The maximum absolute atomic E-state index is 5.51. The van der Waals surface area contributed by atoms with Gasteiger partial charge in [0.1, 0.15) is 12.1 Å². The Kier molecular flexibility index (Phi) is 5.45. The van der Waals surface area contributed by atoms with Crippen LogP contribution >= 0.6 is 0 Å². The van der Waals surface area contributed by atoms with Gasteiger partial charge in [-0.2, -0.15) is 0 Å². The van der Waals surface area contributed by atoms with Crippen LogP contribution in [0, 0.1) is 0 Å². The number of aromatic nitrogens is 2. The fourth-order valence-electron chi connectivity index (χ4n) is 5.42. The monoisotopic (exact) mass is 380 g/mol. The largest absolute Gasteiger partial charge is 0.379 e. The lowest BCUT2D eigenvalue weighted by Gasteiger charge is -2.39. The Bertz CT molecular complexity index is 790. The zero-order valence-electron chi connectivity index (χ0n) is 16.8. The molecule has 5 heteroatoms. The molecule has 2 aromatic rings. The smallest absolute Gasteiger partial charge is 0.137 e. The van der Waals surface area contributed by atoms with Gasteiger partial charge in [0.2, 0.25) is 0 Å². The predicted octanol–water partition coefficient (Wildman–Crippen LogP) is 4.34. The van der Waals surface area contributed by atoms with E-state index in [4.69, 9.17) is 4.74 Å². The van der Waals surface area contributed by atoms with Gasteiger partial charge in [-0.05, 0) is 62.1 Å². The number of hydrogen-bond acceptors (Lipinski definition) is 5. The highest BCUT2D eigenvalue weighted by Gasteiger charge is 2.27. The Morgan fingerprint density at radius 1 is 0.929 bits per heavy atom. The summed E-state index contributed by atoms with van der Waals surface area (Å²) < 4.78 is 5.51. The van der Waals surface area contributed by atoms with Crippen LogP contribution in [-0.2, 0) is 4.74 Å². The van der Waals surface area contributed by atoms with Crippen molar-refractivity contribution < 1.29 is 4.74 Å². The number of nitrogens with one attached hydrogen (secondary N) is 1. The van der Waals surface area contributed by atoms with Crippen molar-refractivity contribution in [3.05, 3.63) is 30.1 Å². The van der Waals surface area contributed by atoms with E-state index in [0.717, 1.165) is 49.6 Å². The van der Waals surface area contributed by atoms with Crippen molar-refractivity contribution in [3.63, 3.8) is 0 Å². The molecule has 0 atom stereocenters. The number of morpholine rings is 1. The summed E-state index contributed by atoms with van der Waals surface area (Å²) in [5, 5.41) is 4.97. The topological polar surface area (TPSA) is 50.3 Å². The third-order valence-electron chi connectivity index (χ3n) is 7.09. The van der Waals surface area contributed by atoms with Gasteiger partial charge in [-0.3, -0.25) is 4.90 Å². The zero-order chi connectivity index (χ0) is 18.8. The van der Waals surface area contributed by atoms with Crippen molar-refractivity contribution in [1.29, 1.82) is 0 Å². The first-order chi connectivity index (χ1) is 13.9. The molecule has 2 saturated carbocycles. The number of hydrogen-bond donors (Lipinski definition) is 1. The van der Waals surface area contributed by atoms with Gasteiger partial charge >= 0.3 is 0 Å². The van der Waals surface area contributed by atoms with Crippen molar-refractivity contribution in [3.8, 4) is 0 Å². The summed E-state index contributed by atoms with van der Waals surface area (Å²) in [6, 6.07) is 8.07. The molecule has 150 valence electrons. The number of anilines is 1. The standard InChI is InChI=1S/C23H32N4O/c1-2-4-17(3-1)18-5-10-22-21(15-18)23(25-16-24-22)26-19-6-8-20(9-7-19)27-11-13-28-14-12-27/h5,10,15-17,19-20H,1-4,6-9,11-14H2,(H,24,25,26). The molecule has 1 N–H and O–H groups in total. The molecule has 1 aromatic heterocycles. The third kappa shape index (κ3) is 3.87. The third-order valence-corrected chi connectivity index (χ3v) is 7.09. The summed E-state index contributed by atoms with van der Waals surface area (Å²) in [5.74, 6) is 1.75. The highest BCUT2D eigenvalue weighted by Crippen LogP contribution is 2.36. The van der Waals surface area contributed by atoms with Gasteiger partial charge < -0.3 is 10.1 Å². The van der Waals surface area contributed by atoms with Gasteiger partial charge in [-0.1, -0.05) is 18.9 Å². The number of nitrogens with zero attached hydrogens (tertiary/aromatic N) is 3. The summed E-state index contributed by atoms with van der Waals surface area (Å²) in [6.07, 6.45) is 12.1. The Morgan fingerprint density at radius 3 is 2.50 bits per heavy atom. The molecular formula is C23H32N4O. The molecule has 0 unspecified atom stereocenters. The lowest BCUT2D eigenvalue weighted by atomic mass is 9.89. The molecule has 5 nitrogen and oxygen atoms in total. The maximum Gasteiger partial charge on any atom is 0.137 e. The predicted molar refractivity (Wildman–Crippen MR) is 113 cm³/mol. The van der Waals surface area contributed by atoms with Crippen LogP contribution in [-0.4, -0.2) is 53.3 Å². The molecule has 0 radical (unpaired) electrons. The van der Waals surface area contributed by atoms with Crippen molar-refractivity contribution >= 4 is 16.7 Å². The Labute approximate surface area is 167 Å². The van der Waals surface area contributed by atoms with Crippen molar-refractivity contribution in [1.82, 2.24) is 14.9 Å². The summed E-state index contributed by atoms with van der Waals surface area (Å²) in [6.45, 7) is 4.00. The molecule has 2 heterocycles. The minimum atomic E-state index is 0.519. The number of rotatable bonds is 4. The van der Waals surface area contributed by atoms with E-state index in [1.54, 1.807) is 6.33 Å². The molecule has 0 spiro atoms. The molecule has 1 aliphatic heterocycles. The van der Waals surface area contributed by atoms with Crippen LogP contribution in [0.5, 0.6) is 0 Å². The van der Waals surface area contributed by atoms with Crippen molar-refractivity contribution in [2.75, 3.05) is 31.6 Å². The van der Waals surface area contributed by atoms with E-state index in [-0.39, 0.29) is 0 Å². The van der Waals surface area contributed by atoms with Crippen LogP contribution in [0.3, 0.4) is 0 Å². The van der Waals surface area contributed by atoms with E-state index in [2.05, 4.69) is 38.4 Å². The average Bonchev–Trinajstić information content (AvgIpc) is 3.30. The summed E-state index contributed by atoms with van der Waals surface area (Å²) in [4.78, 5) is 11.8. The van der Waals surface area contributed by atoms with E-state index in [1.807, 2.05) is 0 Å². The van der Waals surface area contributed by atoms with Crippen LogP contribution < -0.4 is 5.32 Å². The van der Waals surface area contributed by atoms with Crippen LogP contribution in [0.2, 0.25) is 0 Å². The van der Waals surface area contributed by atoms with E-state index in [0.29, 0.717) is 6.04 Å². The Hall–Kier alpha value is -1.72. The molecule has 28 heavy (non-hydrogen) atoms. The lowest BCUT2D eigenvalue weighted by Crippen LogP contribution is -2.46. The highest BCUT2D eigenvalue weighted by molar-refractivity contribution is 5.89. The van der Waals surface area contributed by atoms with E-state index in [9.17, 15) is 0 Å². The highest BCUT2D eigenvalue weighted by atomic mass is 16.5. The number of fused-ring (bicyclic) bond motifs is 1. The van der Waals surface area contributed by atoms with E-state index >= 15 is 0 Å². The number of ether oxygens (including phenoxy) is 1. The lowest BCUT2D eigenvalue weighted by molar-refractivity contribution is 0.00791. The second-order valence-electron chi connectivity index (χ2n) is 8.78. The minimum Gasteiger partial charge on any atom is -0.379 e. The van der Waals surface area contributed by atoms with Crippen molar-refractivity contribution in [2.45, 2.75) is 69.4 Å². The number of benzene rings is 1. The molecule has 5 rings (SSSR count). The first-order valence-corrected chi connectivity index (χ1v) is 11.2. The Balaban J connectivity index is 1.28. The van der Waals surface area contributed by atoms with Gasteiger partial charge in [0.15, 0.2) is 0 Å². The fraction of sp³-hybridized carbons (Fsp3) is 0.652. The second kappa shape index (κ2) is 8.34. The zero-order valence-corrected chi connectivity index (χ0v) is 16.8. The Morgan fingerprint density at radius 2 is 1.71 bits per heavy atom. The molecule has 3 aliphatic rings. The quantitative estimate of drug-likeness (QED) is 0.855. The minimum absolute atomic E-state index is 0.519. The van der Waals surface area contributed by atoms with Crippen LogP contribution in [0.4, 0.5) is 5.82 Å². The average molecular weight is 381 g/mol. The fourth-order valence-corrected chi connectivity index (χ4v) is 5.42. The van der Waals surface area contributed by atoms with Gasteiger partial charge in [0.25, 0.3) is 0 Å². The molecule has 1 aromatic carbocycles. The second-order valence-corrected chi connectivity index (χ2v) is 8.78. The summed E-state index contributed by atoms with van der Waals surface area (Å²) >= 11 is 0. The molecule has 0 amide bonds. The van der Waals surface area contributed by atoms with Gasteiger partial charge in [0, 0.05) is 30.6 Å². The first kappa shape index (κ1) is 18.3. The SMILES string of the molecule is c1nc(NC2CCC(N3CCOCC3)CC2)c2cc(C3CCCC3)ccc2n1. The maximum atomic E-state index is 5.51. The van der Waals surface area contributed by atoms with Crippen LogP contribution in [0.1, 0.15) is 62.8 Å². The van der Waals surface area contributed by atoms with Crippen molar-refractivity contribution in [2.24, 2.45) is 0 Å². The van der Waals surface area contributed by atoms with Gasteiger partial charge in [-0.15, -0.1) is 0 Å². The van der Waals surface area contributed by atoms with E-state index in [1.165, 1.54) is 62.3 Å². The normalized spacial score (nSPS) is 27.3. The first-order valence-electron chi connectivity index (χ1n) is 11.2. The van der Waals surface area contributed by atoms with Gasteiger partial charge in [-0.25, -0.2) is 9.97 Å². The van der Waals surface area contributed by atoms with Crippen LogP contribution in [0.25, 0.3) is 10.9 Å². The summed E-state index contributed by atoms with van der Waals surface area (Å²) in [7, 11) is 0. The molecule has 2 aliphatic carbocycles. The molecule has 1 saturated heterocycles. The summed E-state index contributed by atoms with van der Waals surface area (Å²) in [5.41, 5.74) is 2.53. The molecular weight excluding hydrogens is 348 g/mol. The van der Waals surface area contributed by atoms with Gasteiger partial charge in [0.05, 0.1) is 18.7 Å². The molecule has 0 bridgehead atoms. The van der Waals surface area contributed by atoms with E-state index < -0.39 is 0 Å². The van der Waals surface area contributed by atoms with Crippen LogP contribution in [0.15, 0.2) is 24.5 Å².